The van der Waals surface area contributed by atoms with Gasteiger partial charge in [-0.05, 0) is 37.7 Å². The fourth-order valence-electron chi connectivity index (χ4n) is 1.86. The van der Waals surface area contributed by atoms with Gasteiger partial charge in [0, 0.05) is 18.0 Å². The van der Waals surface area contributed by atoms with Gasteiger partial charge < -0.3 is 16.0 Å². The lowest BCUT2D eigenvalue weighted by molar-refractivity contribution is -0.116. The Morgan fingerprint density at radius 2 is 2.11 bits per heavy atom. The molecular weight excluding hydrogens is 262 g/mol. The molecule has 1 amide bonds. The smallest absolute Gasteiger partial charge is 0.225 e. The number of benzene rings is 1. The summed E-state index contributed by atoms with van der Waals surface area (Å²) in [5, 5.41) is 3.38. The van der Waals surface area contributed by atoms with Crippen LogP contribution >= 0.6 is 11.6 Å². The normalized spacial score (nSPS) is 10.7. The second-order valence-corrected chi connectivity index (χ2v) is 4.90. The summed E-state index contributed by atoms with van der Waals surface area (Å²) in [5.41, 5.74) is 6.90. The molecule has 0 saturated heterocycles. The molecule has 1 rings (SSSR count). The van der Waals surface area contributed by atoms with E-state index in [-0.39, 0.29) is 5.91 Å². The lowest BCUT2D eigenvalue weighted by atomic mass is 10.2. The standard InChI is InChI=1S/C14H22ClN3O/c1-3-8-18(4-2)9-7-14(19)17-13-6-5-11(15)10-12(13)16/h5-6,10H,3-4,7-9,16H2,1-2H3,(H,17,19). The molecule has 0 radical (unpaired) electrons. The summed E-state index contributed by atoms with van der Waals surface area (Å²) in [6.07, 6.45) is 1.56. The van der Waals surface area contributed by atoms with Gasteiger partial charge in [-0.3, -0.25) is 4.79 Å². The highest BCUT2D eigenvalue weighted by Gasteiger charge is 2.08. The third-order valence-corrected chi connectivity index (χ3v) is 3.16. The van der Waals surface area contributed by atoms with E-state index >= 15 is 0 Å². The van der Waals surface area contributed by atoms with Gasteiger partial charge in [0.25, 0.3) is 0 Å². The van der Waals surface area contributed by atoms with E-state index in [0.717, 1.165) is 26.1 Å². The third-order valence-electron chi connectivity index (χ3n) is 2.93. The number of nitrogen functional groups attached to an aromatic ring is 1. The Bertz CT molecular complexity index is 423. The Labute approximate surface area is 119 Å². The van der Waals surface area contributed by atoms with Crippen molar-refractivity contribution in [2.45, 2.75) is 26.7 Å². The highest BCUT2D eigenvalue weighted by atomic mass is 35.5. The van der Waals surface area contributed by atoms with Crippen LogP contribution in [0.3, 0.4) is 0 Å². The van der Waals surface area contributed by atoms with E-state index in [2.05, 4.69) is 24.1 Å². The monoisotopic (exact) mass is 283 g/mol. The number of hydrogen-bond acceptors (Lipinski definition) is 3. The summed E-state index contributed by atoms with van der Waals surface area (Å²) in [6, 6.07) is 5.06. The second kappa shape index (κ2) is 8.02. The molecule has 0 aromatic heterocycles. The second-order valence-electron chi connectivity index (χ2n) is 4.46. The van der Waals surface area contributed by atoms with Crippen molar-refractivity contribution in [1.82, 2.24) is 4.90 Å². The van der Waals surface area contributed by atoms with Crippen LogP contribution in [-0.2, 0) is 4.79 Å². The highest BCUT2D eigenvalue weighted by molar-refractivity contribution is 6.31. The van der Waals surface area contributed by atoms with Gasteiger partial charge in [-0.25, -0.2) is 0 Å². The maximum absolute atomic E-state index is 11.8. The first-order valence-electron chi connectivity index (χ1n) is 6.64. The Morgan fingerprint density at radius 1 is 1.37 bits per heavy atom. The van der Waals surface area contributed by atoms with Crippen molar-refractivity contribution in [2.75, 3.05) is 30.7 Å². The summed E-state index contributed by atoms with van der Waals surface area (Å²) in [4.78, 5) is 14.1. The van der Waals surface area contributed by atoms with Gasteiger partial charge in [0.15, 0.2) is 0 Å². The van der Waals surface area contributed by atoms with Crippen LogP contribution in [-0.4, -0.2) is 30.4 Å². The highest BCUT2D eigenvalue weighted by Crippen LogP contribution is 2.22. The number of nitrogens with two attached hydrogens (primary N) is 1. The lowest BCUT2D eigenvalue weighted by Gasteiger charge is -2.19. The topological polar surface area (TPSA) is 58.4 Å². The molecule has 5 heteroatoms. The van der Waals surface area contributed by atoms with Crippen LogP contribution in [0.25, 0.3) is 0 Å². The van der Waals surface area contributed by atoms with Crippen molar-refractivity contribution in [3.05, 3.63) is 23.2 Å². The molecule has 0 aliphatic rings. The van der Waals surface area contributed by atoms with Crippen LogP contribution in [0.15, 0.2) is 18.2 Å². The van der Waals surface area contributed by atoms with E-state index in [0.29, 0.717) is 22.8 Å². The molecule has 0 atom stereocenters. The van der Waals surface area contributed by atoms with Crippen molar-refractivity contribution < 1.29 is 4.79 Å². The SMILES string of the molecule is CCCN(CC)CCC(=O)Nc1ccc(Cl)cc1N. The molecule has 0 unspecified atom stereocenters. The van der Waals surface area contributed by atoms with E-state index in [1.54, 1.807) is 18.2 Å². The molecule has 19 heavy (non-hydrogen) atoms. The van der Waals surface area contributed by atoms with Crippen LogP contribution in [0.1, 0.15) is 26.7 Å². The van der Waals surface area contributed by atoms with Crippen molar-refractivity contribution in [3.63, 3.8) is 0 Å². The number of halogens is 1. The van der Waals surface area contributed by atoms with Crippen molar-refractivity contribution in [2.24, 2.45) is 0 Å². The van der Waals surface area contributed by atoms with Crippen LogP contribution < -0.4 is 11.1 Å². The van der Waals surface area contributed by atoms with Crippen LogP contribution in [0.5, 0.6) is 0 Å². The fourth-order valence-corrected chi connectivity index (χ4v) is 2.04. The average Bonchev–Trinajstić information content (AvgIpc) is 2.38. The number of nitrogens with one attached hydrogen (secondary N) is 1. The van der Waals surface area contributed by atoms with Gasteiger partial charge >= 0.3 is 0 Å². The van der Waals surface area contributed by atoms with Gasteiger partial charge in [0.1, 0.15) is 0 Å². The van der Waals surface area contributed by atoms with Crippen molar-refractivity contribution in [3.8, 4) is 0 Å². The zero-order valence-corrected chi connectivity index (χ0v) is 12.3. The van der Waals surface area contributed by atoms with Crippen LogP contribution in [0.2, 0.25) is 5.02 Å². The van der Waals surface area contributed by atoms with Crippen LogP contribution in [0.4, 0.5) is 11.4 Å². The van der Waals surface area contributed by atoms with Gasteiger partial charge in [0.05, 0.1) is 11.4 Å². The van der Waals surface area contributed by atoms with Crippen molar-refractivity contribution in [1.29, 1.82) is 0 Å². The first kappa shape index (κ1) is 15.8. The van der Waals surface area contributed by atoms with Gasteiger partial charge in [-0.1, -0.05) is 25.4 Å². The minimum atomic E-state index is -0.0245. The molecule has 0 bridgehead atoms. The zero-order valence-electron chi connectivity index (χ0n) is 11.6. The molecular formula is C14H22ClN3O. The number of nitrogens with zero attached hydrogens (tertiary/aromatic N) is 1. The quantitative estimate of drug-likeness (QED) is 0.757. The zero-order chi connectivity index (χ0) is 14.3. The number of hydrogen-bond donors (Lipinski definition) is 2. The first-order chi connectivity index (χ1) is 9.06. The summed E-state index contributed by atoms with van der Waals surface area (Å²) in [7, 11) is 0. The molecule has 0 fully saturated rings. The first-order valence-corrected chi connectivity index (χ1v) is 7.01. The average molecular weight is 284 g/mol. The van der Waals surface area contributed by atoms with Gasteiger partial charge in [-0.2, -0.15) is 0 Å². The molecule has 4 nitrogen and oxygen atoms in total. The minimum absolute atomic E-state index is 0.0245. The largest absolute Gasteiger partial charge is 0.397 e. The third kappa shape index (κ3) is 5.49. The molecule has 0 heterocycles. The van der Waals surface area contributed by atoms with E-state index in [1.807, 2.05) is 0 Å². The van der Waals surface area contributed by atoms with E-state index in [1.165, 1.54) is 0 Å². The van der Waals surface area contributed by atoms with Crippen LogP contribution in [0, 0.1) is 0 Å². The number of carbonyl (C=O) groups excluding carboxylic acids is 1. The molecule has 0 aliphatic heterocycles. The summed E-state index contributed by atoms with van der Waals surface area (Å²) in [6.45, 7) is 6.99. The lowest BCUT2D eigenvalue weighted by Crippen LogP contribution is -2.28. The van der Waals surface area contributed by atoms with E-state index in [4.69, 9.17) is 17.3 Å². The molecule has 0 spiro atoms. The Morgan fingerprint density at radius 3 is 2.68 bits per heavy atom. The predicted octanol–water partition coefficient (Wildman–Crippen LogP) is 2.98. The van der Waals surface area contributed by atoms with E-state index < -0.39 is 0 Å². The van der Waals surface area contributed by atoms with Gasteiger partial charge in [-0.15, -0.1) is 0 Å². The fraction of sp³-hybridized carbons (Fsp3) is 0.500. The molecule has 1 aromatic carbocycles. The summed E-state index contributed by atoms with van der Waals surface area (Å²) >= 11 is 5.81. The number of rotatable bonds is 7. The van der Waals surface area contributed by atoms with Crippen molar-refractivity contribution >= 4 is 28.9 Å². The molecule has 106 valence electrons. The number of amides is 1. The molecule has 3 N–H and O–H groups in total. The Hall–Kier alpha value is -1.26. The maximum atomic E-state index is 11.8. The Balaban J connectivity index is 2.46. The summed E-state index contributed by atoms with van der Waals surface area (Å²) in [5.74, 6) is -0.0245. The molecule has 0 saturated carbocycles. The molecule has 0 aliphatic carbocycles. The van der Waals surface area contributed by atoms with Gasteiger partial charge in [0.2, 0.25) is 5.91 Å². The number of anilines is 2. The van der Waals surface area contributed by atoms with E-state index in [9.17, 15) is 4.79 Å². The number of carbonyl (C=O) groups is 1. The molecule has 1 aromatic rings. The Kier molecular flexibility index (Phi) is 6.67. The summed E-state index contributed by atoms with van der Waals surface area (Å²) < 4.78 is 0. The minimum Gasteiger partial charge on any atom is -0.397 e. The predicted molar refractivity (Wildman–Crippen MR) is 81.5 cm³/mol. The maximum Gasteiger partial charge on any atom is 0.225 e.